The number of hydrogen-bond acceptors (Lipinski definition) is 1. The summed E-state index contributed by atoms with van der Waals surface area (Å²) in [5.74, 6) is 0.134. The van der Waals surface area contributed by atoms with Gasteiger partial charge in [0.2, 0.25) is 5.91 Å². The summed E-state index contributed by atoms with van der Waals surface area (Å²) in [5, 5.41) is -0.612. The molecular formula is C12H8ClF2NO. The van der Waals surface area contributed by atoms with Crippen molar-refractivity contribution in [2.45, 2.75) is 6.42 Å². The molecule has 0 saturated carbocycles. The third kappa shape index (κ3) is 1.98. The fraction of sp³-hybridized carbons (Fsp3) is 0.250. The van der Waals surface area contributed by atoms with Crippen molar-refractivity contribution in [3.05, 3.63) is 28.8 Å². The van der Waals surface area contributed by atoms with Gasteiger partial charge in [0.25, 0.3) is 0 Å². The van der Waals surface area contributed by atoms with Crippen molar-refractivity contribution in [1.29, 1.82) is 0 Å². The van der Waals surface area contributed by atoms with Gasteiger partial charge in [0, 0.05) is 18.9 Å². The molecule has 1 atom stereocenters. The van der Waals surface area contributed by atoms with Gasteiger partial charge in [-0.15, -0.1) is 12.3 Å². The highest BCUT2D eigenvalue weighted by Crippen LogP contribution is 2.31. The van der Waals surface area contributed by atoms with Crippen LogP contribution < -0.4 is 4.90 Å². The molecule has 1 aliphatic heterocycles. The summed E-state index contributed by atoms with van der Waals surface area (Å²) in [7, 11) is 0. The molecule has 0 bridgehead atoms. The summed E-state index contributed by atoms with van der Waals surface area (Å²) in [6, 6.07) is 2.21. The molecule has 0 aliphatic carbocycles. The van der Waals surface area contributed by atoms with Crippen LogP contribution in [0.25, 0.3) is 0 Å². The van der Waals surface area contributed by atoms with Gasteiger partial charge in [-0.1, -0.05) is 11.6 Å². The van der Waals surface area contributed by atoms with Crippen molar-refractivity contribution in [3.8, 4) is 12.3 Å². The van der Waals surface area contributed by atoms with Crippen LogP contribution in [-0.2, 0) is 4.79 Å². The molecule has 1 amide bonds. The van der Waals surface area contributed by atoms with Crippen LogP contribution >= 0.6 is 11.6 Å². The molecule has 2 nitrogen and oxygen atoms in total. The van der Waals surface area contributed by atoms with E-state index in [1.165, 1.54) is 11.0 Å². The second kappa shape index (κ2) is 4.34. The van der Waals surface area contributed by atoms with Gasteiger partial charge in [0.1, 0.15) is 10.8 Å². The topological polar surface area (TPSA) is 20.3 Å². The van der Waals surface area contributed by atoms with Gasteiger partial charge in [0.05, 0.1) is 5.69 Å². The Kier molecular flexibility index (Phi) is 3.03. The number of rotatable bonds is 1. The SMILES string of the molecule is C#CC1CC(=O)N(c2ccc(F)c(Cl)c2F)C1. The Morgan fingerprint density at radius 2 is 2.18 bits per heavy atom. The number of carbonyl (C=O) groups is 1. The summed E-state index contributed by atoms with van der Waals surface area (Å²) in [6.07, 6.45) is 5.39. The third-order valence-electron chi connectivity index (χ3n) is 2.67. The summed E-state index contributed by atoms with van der Waals surface area (Å²) >= 11 is 5.45. The number of halogens is 3. The van der Waals surface area contributed by atoms with Crippen LogP contribution in [0.1, 0.15) is 6.42 Å². The van der Waals surface area contributed by atoms with E-state index >= 15 is 0 Å². The Bertz CT molecular complexity index is 524. The van der Waals surface area contributed by atoms with E-state index in [4.69, 9.17) is 18.0 Å². The second-order valence-electron chi connectivity index (χ2n) is 3.77. The van der Waals surface area contributed by atoms with Gasteiger partial charge in [-0.3, -0.25) is 4.79 Å². The zero-order valence-corrected chi connectivity index (χ0v) is 9.47. The highest BCUT2D eigenvalue weighted by atomic mass is 35.5. The summed E-state index contributed by atoms with van der Waals surface area (Å²) in [6.45, 7) is 0.230. The Morgan fingerprint density at radius 3 is 2.76 bits per heavy atom. The number of nitrogens with zero attached hydrogens (tertiary/aromatic N) is 1. The molecule has 88 valence electrons. The van der Waals surface area contributed by atoms with Crippen LogP contribution in [0.3, 0.4) is 0 Å². The van der Waals surface area contributed by atoms with Crippen molar-refractivity contribution in [1.82, 2.24) is 0 Å². The number of hydrogen-bond donors (Lipinski definition) is 0. The lowest BCUT2D eigenvalue weighted by Gasteiger charge is -2.17. The standard InChI is InChI=1S/C12H8ClF2NO/c1-2-7-5-10(17)16(6-7)9-4-3-8(14)11(13)12(9)15/h1,3-4,7H,5-6H2. The van der Waals surface area contributed by atoms with Gasteiger partial charge in [-0.25, -0.2) is 8.78 Å². The van der Waals surface area contributed by atoms with Crippen molar-refractivity contribution in [2.24, 2.45) is 5.92 Å². The predicted molar refractivity (Wildman–Crippen MR) is 60.7 cm³/mol. The first kappa shape index (κ1) is 11.9. The largest absolute Gasteiger partial charge is 0.308 e. The van der Waals surface area contributed by atoms with E-state index in [-0.39, 0.29) is 30.5 Å². The molecule has 1 aromatic rings. The van der Waals surface area contributed by atoms with Crippen LogP contribution in [0.5, 0.6) is 0 Å². The highest BCUT2D eigenvalue weighted by molar-refractivity contribution is 6.31. The van der Waals surface area contributed by atoms with E-state index in [1.54, 1.807) is 0 Å². The molecule has 1 fully saturated rings. The summed E-state index contributed by atoms with van der Waals surface area (Å²) in [4.78, 5) is 12.8. The average molecular weight is 256 g/mol. The molecule has 0 aromatic heterocycles. The maximum Gasteiger partial charge on any atom is 0.228 e. The number of anilines is 1. The maximum atomic E-state index is 13.7. The van der Waals surface area contributed by atoms with Crippen LogP contribution in [0.2, 0.25) is 5.02 Å². The molecule has 0 N–H and O–H groups in total. The first-order valence-electron chi connectivity index (χ1n) is 4.94. The molecule has 0 radical (unpaired) electrons. The van der Waals surface area contributed by atoms with Crippen LogP contribution in [0.4, 0.5) is 14.5 Å². The third-order valence-corrected chi connectivity index (χ3v) is 3.01. The smallest absolute Gasteiger partial charge is 0.228 e. The molecule has 1 unspecified atom stereocenters. The monoisotopic (exact) mass is 255 g/mol. The summed E-state index contributed by atoms with van der Waals surface area (Å²) < 4.78 is 26.7. The van der Waals surface area contributed by atoms with Crippen molar-refractivity contribution in [3.63, 3.8) is 0 Å². The van der Waals surface area contributed by atoms with Crippen LogP contribution in [0, 0.1) is 29.9 Å². The minimum absolute atomic E-state index is 0.0286. The Labute approximate surface area is 102 Å². The molecule has 1 saturated heterocycles. The molecule has 1 heterocycles. The maximum absolute atomic E-state index is 13.7. The first-order valence-corrected chi connectivity index (χ1v) is 5.32. The van der Waals surface area contributed by atoms with Gasteiger partial charge in [-0.2, -0.15) is 0 Å². The number of benzene rings is 1. The highest BCUT2D eigenvalue weighted by Gasteiger charge is 2.31. The van der Waals surface area contributed by atoms with Gasteiger partial charge in [-0.05, 0) is 12.1 Å². The van der Waals surface area contributed by atoms with E-state index in [0.717, 1.165) is 6.07 Å². The van der Waals surface area contributed by atoms with Gasteiger partial charge >= 0.3 is 0 Å². The molecule has 17 heavy (non-hydrogen) atoms. The minimum atomic E-state index is -0.933. The lowest BCUT2D eigenvalue weighted by molar-refractivity contribution is -0.117. The van der Waals surface area contributed by atoms with Crippen molar-refractivity contribution in [2.75, 3.05) is 11.4 Å². The number of amides is 1. The average Bonchev–Trinajstić information content (AvgIpc) is 2.68. The van der Waals surface area contributed by atoms with E-state index in [9.17, 15) is 13.6 Å². The second-order valence-corrected chi connectivity index (χ2v) is 4.14. The lowest BCUT2D eigenvalue weighted by atomic mass is 10.1. The van der Waals surface area contributed by atoms with Crippen molar-refractivity contribution < 1.29 is 13.6 Å². The minimum Gasteiger partial charge on any atom is -0.308 e. The van der Waals surface area contributed by atoms with E-state index in [2.05, 4.69) is 5.92 Å². The van der Waals surface area contributed by atoms with Gasteiger partial charge in [0.15, 0.2) is 5.82 Å². The predicted octanol–water partition coefficient (Wildman–Crippen LogP) is 2.60. The van der Waals surface area contributed by atoms with Gasteiger partial charge < -0.3 is 4.90 Å². The Morgan fingerprint density at radius 1 is 1.47 bits per heavy atom. The Balaban J connectivity index is 2.40. The van der Waals surface area contributed by atoms with E-state index < -0.39 is 16.7 Å². The number of carbonyl (C=O) groups excluding carboxylic acids is 1. The molecule has 5 heteroatoms. The van der Waals surface area contributed by atoms with E-state index in [0.29, 0.717) is 0 Å². The molecular weight excluding hydrogens is 248 g/mol. The quantitative estimate of drug-likeness (QED) is 0.558. The molecule has 2 rings (SSSR count). The summed E-state index contributed by atoms with van der Waals surface area (Å²) in [5.41, 5.74) is -0.0286. The zero-order valence-electron chi connectivity index (χ0n) is 8.71. The molecule has 0 spiro atoms. The number of terminal acetylenes is 1. The lowest BCUT2D eigenvalue weighted by Crippen LogP contribution is -2.25. The fourth-order valence-electron chi connectivity index (χ4n) is 1.78. The fourth-order valence-corrected chi connectivity index (χ4v) is 1.94. The van der Waals surface area contributed by atoms with Crippen LogP contribution in [0.15, 0.2) is 12.1 Å². The zero-order chi connectivity index (χ0) is 12.6. The Hall–Kier alpha value is -1.60. The molecule has 1 aromatic carbocycles. The normalized spacial score (nSPS) is 19.5. The van der Waals surface area contributed by atoms with Crippen molar-refractivity contribution >= 4 is 23.2 Å². The van der Waals surface area contributed by atoms with E-state index in [1.807, 2.05) is 0 Å². The molecule has 1 aliphatic rings. The first-order chi connectivity index (χ1) is 8.04. The van der Waals surface area contributed by atoms with Crippen LogP contribution in [-0.4, -0.2) is 12.5 Å².